The molecule has 0 bridgehead atoms. The van der Waals surface area contributed by atoms with Crippen molar-refractivity contribution < 1.29 is 4.79 Å². The van der Waals surface area contributed by atoms with Crippen molar-refractivity contribution in [1.29, 1.82) is 0 Å². The van der Waals surface area contributed by atoms with Gasteiger partial charge in [-0.1, -0.05) is 13.3 Å². The number of hydrogen-bond donors (Lipinski definition) is 0. The molecule has 4 nitrogen and oxygen atoms in total. The average Bonchev–Trinajstić information content (AvgIpc) is 2.85. The van der Waals surface area contributed by atoms with Gasteiger partial charge in [-0.15, -0.1) is 0 Å². The summed E-state index contributed by atoms with van der Waals surface area (Å²) in [5.41, 5.74) is 0.761. The minimum Gasteiger partial charge on any atom is -0.308 e. The molecule has 1 aliphatic carbocycles. The Morgan fingerprint density at radius 1 is 1.38 bits per heavy atom. The molecule has 1 aromatic rings. The lowest BCUT2D eigenvalue weighted by molar-refractivity contribution is 0.0858. The molecule has 0 spiro atoms. The zero-order chi connectivity index (χ0) is 15.4. The smallest absolute Gasteiger partial charge is 0.185 e. The maximum Gasteiger partial charge on any atom is 0.185 e. The molecule has 0 atom stereocenters. The van der Waals surface area contributed by atoms with Crippen LogP contribution in [0.15, 0.2) is 10.7 Å². The summed E-state index contributed by atoms with van der Waals surface area (Å²) in [4.78, 5) is 14.9. The molecule has 1 fully saturated rings. The van der Waals surface area contributed by atoms with E-state index in [4.69, 9.17) is 0 Å². The number of aromatic nitrogens is 2. The van der Waals surface area contributed by atoms with Crippen molar-refractivity contribution in [2.24, 2.45) is 11.8 Å². The van der Waals surface area contributed by atoms with E-state index in [0.717, 1.165) is 42.0 Å². The number of ketones is 1. The van der Waals surface area contributed by atoms with Gasteiger partial charge in [-0.05, 0) is 61.6 Å². The average molecular weight is 356 g/mol. The van der Waals surface area contributed by atoms with Crippen LogP contribution in [0.2, 0.25) is 0 Å². The topological polar surface area (TPSA) is 38.1 Å². The molecular weight excluding hydrogens is 330 g/mol. The van der Waals surface area contributed by atoms with E-state index < -0.39 is 0 Å². The highest BCUT2D eigenvalue weighted by Gasteiger charge is 2.29. The van der Waals surface area contributed by atoms with Crippen molar-refractivity contribution in [3.05, 3.63) is 16.4 Å². The van der Waals surface area contributed by atoms with E-state index in [1.165, 1.54) is 19.3 Å². The number of hydrogen-bond acceptors (Lipinski definition) is 3. The van der Waals surface area contributed by atoms with Crippen molar-refractivity contribution in [3.63, 3.8) is 0 Å². The van der Waals surface area contributed by atoms with Crippen LogP contribution in [0.5, 0.6) is 0 Å². The van der Waals surface area contributed by atoms with Crippen molar-refractivity contribution in [1.82, 2.24) is 14.7 Å². The van der Waals surface area contributed by atoms with Gasteiger partial charge >= 0.3 is 0 Å². The summed E-state index contributed by atoms with van der Waals surface area (Å²) in [6.07, 6.45) is 7.43. The first-order valence-electron chi connectivity index (χ1n) is 7.93. The third kappa shape index (κ3) is 4.16. The third-order valence-electron chi connectivity index (χ3n) is 4.58. The summed E-state index contributed by atoms with van der Waals surface area (Å²) < 4.78 is 2.70. The highest BCUT2D eigenvalue weighted by atomic mass is 79.9. The van der Waals surface area contributed by atoms with Crippen LogP contribution in [0, 0.1) is 11.8 Å². The second-order valence-electron chi connectivity index (χ2n) is 6.36. The Morgan fingerprint density at radius 2 is 2.05 bits per heavy atom. The standard InChI is InChI=1S/C16H26BrN3O/c1-4-12-5-7-13(8-6-12)16(21)15-14(17)11-18-20(15)10-9-19(2)3/h11-13H,4-10H2,1-3H3. The highest BCUT2D eigenvalue weighted by molar-refractivity contribution is 9.10. The maximum atomic E-state index is 12.8. The van der Waals surface area contributed by atoms with E-state index in [2.05, 4.69) is 32.9 Å². The van der Waals surface area contributed by atoms with Crippen LogP contribution in [-0.2, 0) is 6.54 Å². The maximum absolute atomic E-state index is 12.8. The summed E-state index contributed by atoms with van der Waals surface area (Å²) >= 11 is 3.50. The van der Waals surface area contributed by atoms with Gasteiger partial charge < -0.3 is 4.90 Å². The van der Waals surface area contributed by atoms with E-state index in [-0.39, 0.29) is 11.7 Å². The molecule has 0 aromatic carbocycles. The summed E-state index contributed by atoms with van der Waals surface area (Å²) in [6, 6.07) is 0. The monoisotopic (exact) mass is 355 g/mol. The first-order valence-corrected chi connectivity index (χ1v) is 8.72. The lowest BCUT2D eigenvalue weighted by atomic mass is 9.78. The first-order chi connectivity index (χ1) is 10.0. The number of nitrogens with zero attached hydrogens (tertiary/aromatic N) is 3. The number of carbonyl (C=O) groups is 1. The van der Waals surface area contributed by atoms with Gasteiger partial charge in [0.1, 0.15) is 5.69 Å². The molecule has 5 heteroatoms. The molecule has 0 unspecified atom stereocenters. The highest BCUT2D eigenvalue weighted by Crippen LogP contribution is 2.33. The molecule has 0 saturated heterocycles. The quantitative estimate of drug-likeness (QED) is 0.731. The van der Waals surface area contributed by atoms with Crippen molar-refractivity contribution in [2.75, 3.05) is 20.6 Å². The number of Topliss-reactive ketones (excluding diaryl/α,β-unsaturated/α-hetero) is 1. The minimum atomic E-state index is 0.180. The van der Waals surface area contributed by atoms with Gasteiger partial charge in [-0.25, -0.2) is 0 Å². The van der Waals surface area contributed by atoms with Crippen LogP contribution in [0.25, 0.3) is 0 Å². The van der Waals surface area contributed by atoms with E-state index >= 15 is 0 Å². The van der Waals surface area contributed by atoms with E-state index in [1.54, 1.807) is 6.20 Å². The number of carbonyl (C=O) groups excluding carboxylic acids is 1. The SMILES string of the molecule is CCC1CCC(C(=O)c2c(Br)cnn2CCN(C)C)CC1. The predicted octanol–water partition coefficient (Wildman–Crippen LogP) is 3.61. The molecule has 1 aliphatic rings. The molecule has 0 N–H and O–H groups in total. The molecule has 21 heavy (non-hydrogen) atoms. The van der Waals surface area contributed by atoms with Gasteiger partial charge in [0.05, 0.1) is 17.2 Å². The fraction of sp³-hybridized carbons (Fsp3) is 0.750. The van der Waals surface area contributed by atoms with Gasteiger partial charge in [0.15, 0.2) is 5.78 Å². The number of likely N-dealkylation sites (N-methyl/N-ethyl adjacent to an activating group) is 1. The Bertz CT molecular complexity index is 476. The zero-order valence-electron chi connectivity index (χ0n) is 13.3. The molecular formula is C16H26BrN3O. The van der Waals surface area contributed by atoms with E-state index in [0.29, 0.717) is 0 Å². The molecule has 118 valence electrons. The summed E-state index contributed by atoms with van der Waals surface area (Å²) in [7, 11) is 4.07. The van der Waals surface area contributed by atoms with Crippen molar-refractivity contribution >= 4 is 21.7 Å². The molecule has 1 heterocycles. The normalized spacial score (nSPS) is 22.7. The lowest BCUT2D eigenvalue weighted by Gasteiger charge is -2.27. The summed E-state index contributed by atoms with van der Waals surface area (Å²) in [5, 5.41) is 4.36. The second kappa shape index (κ2) is 7.54. The Balaban J connectivity index is 2.06. The van der Waals surface area contributed by atoms with Crippen LogP contribution in [0.4, 0.5) is 0 Å². The van der Waals surface area contributed by atoms with Gasteiger partial charge in [0.25, 0.3) is 0 Å². The first kappa shape index (κ1) is 16.7. The predicted molar refractivity (Wildman–Crippen MR) is 88.6 cm³/mol. The lowest BCUT2D eigenvalue weighted by Crippen LogP contribution is -2.26. The fourth-order valence-corrected chi connectivity index (χ4v) is 3.59. The van der Waals surface area contributed by atoms with Crippen molar-refractivity contribution in [3.8, 4) is 0 Å². The Kier molecular flexibility index (Phi) is 5.99. The van der Waals surface area contributed by atoms with Crippen LogP contribution in [-0.4, -0.2) is 41.1 Å². The van der Waals surface area contributed by atoms with Gasteiger partial charge in [0, 0.05) is 12.5 Å². The van der Waals surface area contributed by atoms with E-state index in [9.17, 15) is 4.79 Å². The zero-order valence-corrected chi connectivity index (χ0v) is 14.9. The molecule has 0 aliphatic heterocycles. The van der Waals surface area contributed by atoms with Crippen LogP contribution < -0.4 is 0 Å². The van der Waals surface area contributed by atoms with Crippen molar-refractivity contribution in [2.45, 2.75) is 45.6 Å². The van der Waals surface area contributed by atoms with Gasteiger partial charge in [-0.3, -0.25) is 9.48 Å². The Labute approximate surface area is 136 Å². The van der Waals surface area contributed by atoms with Gasteiger partial charge in [0.2, 0.25) is 0 Å². The second-order valence-corrected chi connectivity index (χ2v) is 7.21. The third-order valence-corrected chi connectivity index (χ3v) is 5.16. The number of halogens is 1. The molecule has 0 radical (unpaired) electrons. The summed E-state index contributed by atoms with van der Waals surface area (Å²) in [6.45, 7) is 3.89. The molecule has 0 amide bonds. The fourth-order valence-electron chi connectivity index (χ4n) is 3.10. The minimum absolute atomic E-state index is 0.180. The largest absolute Gasteiger partial charge is 0.308 e. The van der Waals surface area contributed by atoms with Crippen LogP contribution in [0.3, 0.4) is 0 Å². The van der Waals surface area contributed by atoms with Crippen LogP contribution in [0.1, 0.15) is 49.5 Å². The van der Waals surface area contributed by atoms with E-state index in [1.807, 2.05) is 18.8 Å². The summed E-state index contributed by atoms with van der Waals surface area (Å²) in [5.74, 6) is 1.27. The Morgan fingerprint density at radius 3 is 2.62 bits per heavy atom. The molecule has 2 rings (SSSR count). The molecule has 1 aromatic heterocycles. The van der Waals surface area contributed by atoms with Gasteiger partial charge in [-0.2, -0.15) is 5.10 Å². The Hall–Kier alpha value is -0.680. The molecule has 1 saturated carbocycles. The number of rotatable bonds is 6. The van der Waals surface area contributed by atoms with Crippen LogP contribution >= 0.6 is 15.9 Å².